The highest BCUT2D eigenvalue weighted by atomic mass is 35.5. The highest BCUT2D eigenvalue weighted by Gasteiger charge is 2.31. The van der Waals surface area contributed by atoms with Gasteiger partial charge in [-0.1, -0.05) is 42.5 Å². The molecule has 2 aromatic rings. The highest BCUT2D eigenvalue weighted by molar-refractivity contribution is 8.26. The lowest BCUT2D eigenvalue weighted by Gasteiger charge is -2.11. The SMILES string of the molecule is CCCN1C(=O)/C(=C\c2ccc(-c3ccc(Cl)cc3)o2)SC1=S. The Morgan fingerprint density at radius 1 is 1.26 bits per heavy atom. The molecular weight excluding hydrogens is 350 g/mol. The highest BCUT2D eigenvalue weighted by Crippen LogP contribution is 2.33. The van der Waals surface area contributed by atoms with Crippen LogP contribution in [0.4, 0.5) is 0 Å². The molecule has 1 aliphatic heterocycles. The summed E-state index contributed by atoms with van der Waals surface area (Å²) in [6.45, 7) is 2.67. The number of hydrogen-bond donors (Lipinski definition) is 0. The van der Waals surface area contributed by atoms with Gasteiger partial charge in [-0.2, -0.15) is 0 Å². The molecule has 0 radical (unpaired) electrons. The van der Waals surface area contributed by atoms with Crippen molar-refractivity contribution in [2.45, 2.75) is 13.3 Å². The Kier molecular flexibility index (Phi) is 4.90. The first-order valence-electron chi connectivity index (χ1n) is 7.19. The van der Waals surface area contributed by atoms with Crippen molar-refractivity contribution in [2.75, 3.05) is 6.54 Å². The molecule has 1 amide bonds. The number of halogens is 1. The van der Waals surface area contributed by atoms with E-state index in [1.54, 1.807) is 11.0 Å². The number of hydrogen-bond acceptors (Lipinski definition) is 4. The zero-order valence-corrected chi connectivity index (χ0v) is 14.8. The van der Waals surface area contributed by atoms with Gasteiger partial charge in [0.25, 0.3) is 5.91 Å². The Morgan fingerprint density at radius 3 is 2.70 bits per heavy atom. The van der Waals surface area contributed by atoms with Crippen LogP contribution < -0.4 is 0 Å². The minimum absolute atomic E-state index is 0.0497. The van der Waals surface area contributed by atoms with Crippen molar-refractivity contribution >= 4 is 51.9 Å². The molecule has 0 aliphatic carbocycles. The van der Waals surface area contributed by atoms with E-state index >= 15 is 0 Å². The van der Waals surface area contributed by atoms with Gasteiger partial charge in [0.05, 0.1) is 4.91 Å². The van der Waals surface area contributed by atoms with Crippen LogP contribution in [0.15, 0.2) is 45.7 Å². The fraction of sp³-hybridized carbons (Fsp3) is 0.176. The molecule has 0 atom stereocenters. The Balaban J connectivity index is 1.82. The number of thiocarbonyl (C=S) groups is 1. The maximum atomic E-state index is 12.3. The summed E-state index contributed by atoms with van der Waals surface area (Å²) in [7, 11) is 0. The summed E-state index contributed by atoms with van der Waals surface area (Å²) in [5.74, 6) is 1.31. The van der Waals surface area contributed by atoms with Crippen molar-refractivity contribution in [2.24, 2.45) is 0 Å². The number of carbonyl (C=O) groups excluding carboxylic acids is 1. The van der Waals surface area contributed by atoms with E-state index in [0.29, 0.717) is 26.6 Å². The van der Waals surface area contributed by atoms with Gasteiger partial charge in [0.1, 0.15) is 15.8 Å². The average molecular weight is 364 g/mol. The van der Waals surface area contributed by atoms with Crippen molar-refractivity contribution < 1.29 is 9.21 Å². The Bertz CT molecular complexity index is 780. The maximum absolute atomic E-state index is 12.3. The molecule has 3 rings (SSSR count). The van der Waals surface area contributed by atoms with Crippen LogP contribution in [0.25, 0.3) is 17.4 Å². The number of furan rings is 1. The van der Waals surface area contributed by atoms with Gasteiger partial charge in [0, 0.05) is 23.2 Å². The van der Waals surface area contributed by atoms with Crippen molar-refractivity contribution in [3.63, 3.8) is 0 Å². The van der Waals surface area contributed by atoms with Crippen LogP contribution in [-0.2, 0) is 4.79 Å². The molecule has 0 N–H and O–H groups in total. The van der Waals surface area contributed by atoms with Crippen molar-refractivity contribution in [1.82, 2.24) is 4.90 Å². The van der Waals surface area contributed by atoms with Crippen LogP contribution in [0.1, 0.15) is 19.1 Å². The Morgan fingerprint density at radius 2 is 2.00 bits per heavy atom. The standard InChI is InChI=1S/C17H14ClNO2S2/c1-2-9-19-16(20)15(23-17(19)22)10-13-7-8-14(21-13)11-3-5-12(18)6-4-11/h3-8,10H,2,9H2,1H3/b15-10+. The van der Waals surface area contributed by atoms with Crippen molar-refractivity contribution in [1.29, 1.82) is 0 Å². The molecule has 0 spiro atoms. The minimum atomic E-state index is -0.0497. The van der Waals surface area contributed by atoms with Gasteiger partial charge in [-0.3, -0.25) is 9.69 Å². The molecule has 0 bridgehead atoms. The molecule has 1 fully saturated rings. The molecule has 0 unspecified atom stereocenters. The Hall–Kier alpha value is -1.56. The van der Waals surface area contributed by atoms with Crippen LogP contribution in [0.5, 0.6) is 0 Å². The van der Waals surface area contributed by atoms with E-state index in [4.69, 9.17) is 28.2 Å². The van der Waals surface area contributed by atoms with Gasteiger partial charge in [-0.05, 0) is 42.8 Å². The molecule has 0 saturated carbocycles. The molecule has 1 aromatic heterocycles. The summed E-state index contributed by atoms with van der Waals surface area (Å²) < 4.78 is 6.41. The molecular formula is C17H14ClNO2S2. The van der Waals surface area contributed by atoms with Crippen LogP contribution in [0.2, 0.25) is 5.02 Å². The predicted octanol–water partition coefficient (Wildman–Crippen LogP) is 5.21. The smallest absolute Gasteiger partial charge is 0.266 e. The molecule has 23 heavy (non-hydrogen) atoms. The van der Waals surface area contributed by atoms with E-state index in [0.717, 1.165) is 17.7 Å². The van der Waals surface area contributed by atoms with E-state index < -0.39 is 0 Å². The average Bonchev–Trinajstić information content (AvgIpc) is 3.09. The van der Waals surface area contributed by atoms with Gasteiger partial charge >= 0.3 is 0 Å². The summed E-state index contributed by atoms with van der Waals surface area (Å²) in [5, 5.41) is 0.681. The lowest BCUT2D eigenvalue weighted by Crippen LogP contribution is -2.28. The predicted molar refractivity (Wildman–Crippen MR) is 99.3 cm³/mol. The van der Waals surface area contributed by atoms with E-state index in [2.05, 4.69) is 0 Å². The largest absolute Gasteiger partial charge is 0.457 e. The van der Waals surface area contributed by atoms with Crippen molar-refractivity contribution in [3.8, 4) is 11.3 Å². The molecule has 1 aliphatic rings. The maximum Gasteiger partial charge on any atom is 0.266 e. The van der Waals surface area contributed by atoms with E-state index in [1.807, 2.05) is 43.3 Å². The van der Waals surface area contributed by atoms with Crippen molar-refractivity contribution in [3.05, 3.63) is 52.1 Å². The first-order valence-corrected chi connectivity index (χ1v) is 8.80. The molecule has 1 saturated heterocycles. The first-order chi connectivity index (χ1) is 11.1. The second kappa shape index (κ2) is 6.91. The monoisotopic (exact) mass is 363 g/mol. The van der Waals surface area contributed by atoms with E-state index in [-0.39, 0.29) is 5.91 Å². The number of rotatable bonds is 4. The van der Waals surface area contributed by atoms with E-state index in [9.17, 15) is 4.79 Å². The zero-order valence-electron chi connectivity index (χ0n) is 12.4. The third kappa shape index (κ3) is 3.52. The number of benzene rings is 1. The fourth-order valence-corrected chi connectivity index (χ4v) is 3.66. The summed E-state index contributed by atoms with van der Waals surface area (Å²) >= 11 is 12.5. The number of nitrogens with zero attached hydrogens (tertiary/aromatic N) is 1. The van der Waals surface area contributed by atoms with Crippen LogP contribution >= 0.6 is 35.6 Å². The van der Waals surface area contributed by atoms with Crippen LogP contribution in [0.3, 0.4) is 0 Å². The molecule has 1 aromatic carbocycles. The van der Waals surface area contributed by atoms with Gasteiger partial charge in [0.2, 0.25) is 0 Å². The lowest BCUT2D eigenvalue weighted by atomic mass is 10.2. The fourth-order valence-electron chi connectivity index (χ4n) is 2.25. The topological polar surface area (TPSA) is 33.5 Å². The molecule has 6 heteroatoms. The second-order valence-electron chi connectivity index (χ2n) is 5.04. The summed E-state index contributed by atoms with van der Waals surface area (Å²) in [4.78, 5) is 14.5. The normalized spacial score (nSPS) is 16.6. The van der Waals surface area contributed by atoms with Gasteiger partial charge < -0.3 is 4.42 Å². The molecule has 3 nitrogen and oxygen atoms in total. The summed E-state index contributed by atoms with van der Waals surface area (Å²) in [6.07, 6.45) is 2.62. The van der Waals surface area contributed by atoms with Crippen LogP contribution in [0, 0.1) is 0 Å². The second-order valence-corrected chi connectivity index (χ2v) is 7.15. The van der Waals surface area contributed by atoms with E-state index in [1.165, 1.54) is 11.8 Å². The number of carbonyl (C=O) groups is 1. The zero-order chi connectivity index (χ0) is 16.4. The third-order valence-electron chi connectivity index (χ3n) is 3.35. The summed E-state index contributed by atoms with van der Waals surface area (Å²) in [5.41, 5.74) is 0.938. The summed E-state index contributed by atoms with van der Waals surface area (Å²) in [6, 6.07) is 11.1. The number of thioether (sulfide) groups is 1. The molecule has 2 heterocycles. The quantitative estimate of drug-likeness (QED) is 0.551. The van der Waals surface area contributed by atoms with Gasteiger partial charge in [0.15, 0.2) is 0 Å². The molecule has 118 valence electrons. The Labute approximate surface area is 149 Å². The first kappa shape index (κ1) is 16.3. The third-order valence-corrected chi connectivity index (χ3v) is 4.98. The number of amides is 1. The van der Waals surface area contributed by atoms with Crippen LogP contribution in [-0.4, -0.2) is 21.7 Å². The minimum Gasteiger partial charge on any atom is -0.457 e. The van der Waals surface area contributed by atoms with Gasteiger partial charge in [-0.25, -0.2) is 0 Å². The van der Waals surface area contributed by atoms with Gasteiger partial charge in [-0.15, -0.1) is 0 Å². The lowest BCUT2D eigenvalue weighted by molar-refractivity contribution is -0.122.